The van der Waals surface area contributed by atoms with Crippen molar-refractivity contribution in [1.82, 2.24) is 0 Å². The summed E-state index contributed by atoms with van der Waals surface area (Å²) in [6.45, 7) is 3.08. The molecule has 4 N–H and O–H groups in total. The van der Waals surface area contributed by atoms with E-state index in [9.17, 15) is 18.8 Å². The van der Waals surface area contributed by atoms with E-state index in [2.05, 4.69) is 5.32 Å². The standard InChI is InChI=1S/C14H17FN2O4/c1-7(4-13(19)20)3-12(18)17-11-6-9(14(16)21)5-10(15)8(11)2/h5-7H,3-4H2,1-2H3,(H2,16,21)(H,17,18)(H,19,20). The lowest BCUT2D eigenvalue weighted by Gasteiger charge is -2.12. The van der Waals surface area contributed by atoms with Crippen LogP contribution in [0.4, 0.5) is 10.1 Å². The predicted molar refractivity (Wildman–Crippen MR) is 74.3 cm³/mol. The van der Waals surface area contributed by atoms with E-state index >= 15 is 0 Å². The molecule has 0 radical (unpaired) electrons. The van der Waals surface area contributed by atoms with Gasteiger partial charge in [-0.2, -0.15) is 0 Å². The molecule has 0 aliphatic rings. The lowest BCUT2D eigenvalue weighted by molar-refractivity contribution is -0.138. The minimum atomic E-state index is -0.992. The normalized spacial score (nSPS) is 11.8. The van der Waals surface area contributed by atoms with Gasteiger partial charge < -0.3 is 16.2 Å². The van der Waals surface area contributed by atoms with E-state index in [1.807, 2.05) is 0 Å². The second-order valence-electron chi connectivity index (χ2n) is 4.95. The van der Waals surface area contributed by atoms with Crippen molar-refractivity contribution < 1.29 is 23.9 Å². The van der Waals surface area contributed by atoms with Crippen LogP contribution in [0.15, 0.2) is 12.1 Å². The molecule has 0 spiro atoms. The van der Waals surface area contributed by atoms with Crippen LogP contribution in [0.3, 0.4) is 0 Å². The van der Waals surface area contributed by atoms with Crippen molar-refractivity contribution in [3.63, 3.8) is 0 Å². The van der Waals surface area contributed by atoms with Crippen LogP contribution in [0.1, 0.15) is 35.7 Å². The number of hydrogen-bond donors (Lipinski definition) is 3. The number of anilines is 1. The third-order valence-corrected chi connectivity index (χ3v) is 2.96. The van der Waals surface area contributed by atoms with Gasteiger partial charge in [0, 0.05) is 29.7 Å². The molecule has 6 nitrogen and oxygen atoms in total. The Morgan fingerprint density at radius 2 is 1.95 bits per heavy atom. The molecule has 7 heteroatoms. The maximum Gasteiger partial charge on any atom is 0.303 e. The first-order chi connectivity index (χ1) is 9.70. The first-order valence-electron chi connectivity index (χ1n) is 6.32. The first kappa shape index (κ1) is 16.6. The fourth-order valence-corrected chi connectivity index (χ4v) is 1.84. The highest BCUT2D eigenvalue weighted by atomic mass is 19.1. The Hall–Kier alpha value is -2.44. The number of amides is 2. The Labute approximate surface area is 121 Å². The van der Waals surface area contributed by atoms with E-state index in [-0.39, 0.29) is 35.6 Å². The average molecular weight is 296 g/mol. The minimum Gasteiger partial charge on any atom is -0.481 e. The molecule has 1 aromatic carbocycles. The number of carbonyl (C=O) groups is 3. The Morgan fingerprint density at radius 1 is 1.33 bits per heavy atom. The maximum absolute atomic E-state index is 13.6. The quantitative estimate of drug-likeness (QED) is 0.741. The van der Waals surface area contributed by atoms with Crippen LogP contribution in [0.25, 0.3) is 0 Å². The number of nitrogens with one attached hydrogen (secondary N) is 1. The van der Waals surface area contributed by atoms with Gasteiger partial charge in [0.2, 0.25) is 11.8 Å². The fraction of sp³-hybridized carbons (Fsp3) is 0.357. The average Bonchev–Trinajstić information content (AvgIpc) is 2.32. The summed E-state index contributed by atoms with van der Waals surface area (Å²) >= 11 is 0. The molecular formula is C14H17FN2O4. The number of halogens is 1. The number of rotatable bonds is 6. The van der Waals surface area contributed by atoms with Crippen LogP contribution in [-0.2, 0) is 9.59 Å². The monoisotopic (exact) mass is 296 g/mol. The zero-order valence-electron chi connectivity index (χ0n) is 11.8. The molecule has 0 saturated heterocycles. The number of nitrogens with two attached hydrogens (primary N) is 1. The molecule has 114 valence electrons. The van der Waals surface area contributed by atoms with Crippen molar-refractivity contribution in [2.24, 2.45) is 11.7 Å². The van der Waals surface area contributed by atoms with E-state index in [1.54, 1.807) is 6.92 Å². The van der Waals surface area contributed by atoms with Crippen LogP contribution in [0, 0.1) is 18.7 Å². The highest BCUT2D eigenvalue weighted by Gasteiger charge is 2.16. The molecule has 0 aromatic heterocycles. The van der Waals surface area contributed by atoms with Crippen LogP contribution < -0.4 is 11.1 Å². The lowest BCUT2D eigenvalue weighted by atomic mass is 10.0. The summed E-state index contributed by atoms with van der Waals surface area (Å²) in [5, 5.41) is 11.1. The Morgan fingerprint density at radius 3 is 2.48 bits per heavy atom. The number of carboxylic acid groups (broad SMARTS) is 1. The molecule has 1 unspecified atom stereocenters. The summed E-state index contributed by atoms with van der Waals surface area (Å²) in [5.41, 5.74) is 5.36. The van der Waals surface area contributed by atoms with Gasteiger partial charge >= 0.3 is 5.97 Å². The molecule has 1 aromatic rings. The number of carbonyl (C=O) groups excluding carboxylic acids is 2. The Kier molecular flexibility index (Phi) is 5.40. The molecule has 0 bridgehead atoms. The second kappa shape index (κ2) is 6.83. The number of benzene rings is 1. The van der Waals surface area contributed by atoms with Crippen molar-refractivity contribution in [1.29, 1.82) is 0 Å². The third-order valence-electron chi connectivity index (χ3n) is 2.96. The van der Waals surface area contributed by atoms with Gasteiger partial charge in [-0.05, 0) is 25.0 Å². The zero-order chi connectivity index (χ0) is 16.2. The molecule has 2 amide bonds. The summed E-state index contributed by atoms with van der Waals surface area (Å²) in [5.74, 6) is -3.25. The molecule has 0 heterocycles. The summed E-state index contributed by atoms with van der Waals surface area (Å²) in [7, 11) is 0. The van der Waals surface area contributed by atoms with Gasteiger partial charge in [0.15, 0.2) is 0 Å². The zero-order valence-corrected chi connectivity index (χ0v) is 11.8. The largest absolute Gasteiger partial charge is 0.481 e. The van der Waals surface area contributed by atoms with Crippen LogP contribution in [-0.4, -0.2) is 22.9 Å². The Bertz CT molecular complexity index is 587. The molecule has 0 aliphatic heterocycles. The van der Waals surface area contributed by atoms with Gasteiger partial charge in [-0.25, -0.2) is 4.39 Å². The molecule has 1 rings (SSSR count). The number of aliphatic carboxylic acids is 1. The SMILES string of the molecule is Cc1c(F)cc(C(N)=O)cc1NC(=O)CC(C)CC(=O)O. The van der Waals surface area contributed by atoms with E-state index in [0.29, 0.717) is 0 Å². The molecule has 1 atom stereocenters. The summed E-state index contributed by atoms with van der Waals surface area (Å²) in [6.07, 6.45) is -0.157. The minimum absolute atomic E-state index is 0.0197. The van der Waals surface area contributed by atoms with Gasteiger partial charge in [0.1, 0.15) is 5.82 Å². The summed E-state index contributed by atoms with van der Waals surface area (Å²) in [6, 6.07) is 2.29. The predicted octanol–water partition coefficient (Wildman–Crippen LogP) is 1.67. The van der Waals surface area contributed by atoms with Crippen LogP contribution >= 0.6 is 0 Å². The number of hydrogen-bond acceptors (Lipinski definition) is 3. The maximum atomic E-state index is 13.6. The molecular weight excluding hydrogens is 279 g/mol. The van der Waals surface area contributed by atoms with Gasteiger partial charge in [-0.1, -0.05) is 6.92 Å². The lowest BCUT2D eigenvalue weighted by Crippen LogP contribution is -2.19. The van der Waals surface area contributed by atoms with Crippen molar-refractivity contribution in [3.8, 4) is 0 Å². The topological polar surface area (TPSA) is 109 Å². The van der Waals surface area contributed by atoms with Gasteiger partial charge in [-0.15, -0.1) is 0 Å². The molecule has 0 saturated carbocycles. The smallest absolute Gasteiger partial charge is 0.303 e. The molecule has 0 fully saturated rings. The van der Waals surface area contributed by atoms with Crippen molar-refractivity contribution in [3.05, 3.63) is 29.1 Å². The highest BCUT2D eigenvalue weighted by molar-refractivity contribution is 5.97. The molecule has 0 aliphatic carbocycles. The first-order valence-corrected chi connectivity index (χ1v) is 6.32. The van der Waals surface area contributed by atoms with Crippen molar-refractivity contribution in [2.45, 2.75) is 26.7 Å². The van der Waals surface area contributed by atoms with E-state index in [1.165, 1.54) is 13.0 Å². The summed E-state index contributed by atoms with van der Waals surface area (Å²) in [4.78, 5) is 33.4. The van der Waals surface area contributed by atoms with Crippen molar-refractivity contribution >= 4 is 23.5 Å². The number of carboxylic acids is 1. The fourth-order valence-electron chi connectivity index (χ4n) is 1.84. The van der Waals surface area contributed by atoms with Gasteiger partial charge in [-0.3, -0.25) is 14.4 Å². The van der Waals surface area contributed by atoms with Crippen LogP contribution in [0.5, 0.6) is 0 Å². The summed E-state index contributed by atoms with van der Waals surface area (Å²) < 4.78 is 13.6. The molecule has 21 heavy (non-hydrogen) atoms. The second-order valence-corrected chi connectivity index (χ2v) is 4.95. The third kappa shape index (κ3) is 4.87. The van der Waals surface area contributed by atoms with E-state index in [0.717, 1.165) is 6.07 Å². The van der Waals surface area contributed by atoms with Crippen LogP contribution in [0.2, 0.25) is 0 Å². The highest BCUT2D eigenvalue weighted by Crippen LogP contribution is 2.21. The van der Waals surface area contributed by atoms with Gasteiger partial charge in [0.05, 0.1) is 0 Å². The van der Waals surface area contributed by atoms with Gasteiger partial charge in [0.25, 0.3) is 0 Å². The Balaban J connectivity index is 2.85. The van der Waals surface area contributed by atoms with Crippen molar-refractivity contribution in [2.75, 3.05) is 5.32 Å². The number of primary amides is 1. The van der Waals surface area contributed by atoms with E-state index in [4.69, 9.17) is 10.8 Å². The van der Waals surface area contributed by atoms with E-state index < -0.39 is 23.6 Å².